The highest BCUT2D eigenvalue weighted by molar-refractivity contribution is 5.74. The van der Waals surface area contributed by atoms with Gasteiger partial charge in [-0.25, -0.2) is 4.98 Å². The van der Waals surface area contributed by atoms with Gasteiger partial charge in [0, 0.05) is 12.5 Å². The Bertz CT molecular complexity index is 312. The fraction of sp³-hybridized carbons (Fsp3) is 0.333. The van der Waals surface area contributed by atoms with Crippen molar-refractivity contribution in [3.63, 3.8) is 0 Å². The lowest BCUT2D eigenvalue weighted by molar-refractivity contribution is -0.118. The van der Waals surface area contributed by atoms with Gasteiger partial charge < -0.3 is 11.1 Å². The van der Waals surface area contributed by atoms with Crippen LogP contribution in [0.1, 0.15) is 13.3 Å². The van der Waals surface area contributed by atoms with Gasteiger partial charge in [-0.2, -0.15) is 4.39 Å². The van der Waals surface area contributed by atoms with Crippen LogP contribution in [0.2, 0.25) is 0 Å². The summed E-state index contributed by atoms with van der Waals surface area (Å²) in [5.41, 5.74) is 5.68. The molecule has 1 atom stereocenters. The number of primary amides is 1. The van der Waals surface area contributed by atoms with Crippen LogP contribution in [0, 0.1) is 5.95 Å². The van der Waals surface area contributed by atoms with E-state index in [1.54, 1.807) is 6.07 Å². The molecule has 0 aliphatic rings. The second-order valence-electron chi connectivity index (χ2n) is 3.09. The van der Waals surface area contributed by atoms with Crippen LogP contribution in [0.25, 0.3) is 0 Å². The number of anilines is 1. The van der Waals surface area contributed by atoms with Crippen molar-refractivity contribution < 1.29 is 9.18 Å². The number of carbonyl (C=O) groups is 1. The molecular formula is C9H12FN3O. The predicted molar refractivity (Wildman–Crippen MR) is 51.1 cm³/mol. The molecule has 0 bridgehead atoms. The summed E-state index contributed by atoms with van der Waals surface area (Å²) < 4.78 is 12.4. The Morgan fingerprint density at radius 2 is 2.43 bits per heavy atom. The molecule has 76 valence electrons. The lowest BCUT2D eigenvalue weighted by Gasteiger charge is -2.12. The van der Waals surface area contributed by atoms with E-state index in [0.29, 0.717) is 5.69 Å². The van der Waals surface area contributed by atoms with E-state index in [0.717, 1.165) is 0 Å². The number of hydrogen-bond donors (Lipinski definition) is 2. The Morgan fingerprint density at radius 3 is 2.93 bits per heavy atom. The van der Waals surface area contributed by atoms with Gasteiger partial charge in [0.15, 0.2) is 0 Å². The maximum atomic E-state index is 12.4. The van der Waals surface area contributed by atoms with Crippen molar-refractivity contribution in [1.29, 1.82) is 0 Å². The summed E-state index contributed by atoms with van der Waals surface area (Å²) in [6.45, 7) is 1.81. The highest BCUT2D eigenvalue weighted by Crippen LogP contribution is 2.08. The van der Waals surface area contributed by atoms with Gasteiger partial charge in [0.1, 0.15) is 0 Å². The van der Waals surface area contributed by atoms with Crippen molar-refractivity contribution in [3.8, 4) is 0 Å². The zero-order chi connectivity index (χ0) is 10.6. The van der Waals surface area contributed by atoms with E-state index in [9.17, 15) is 9.18 Å². The quantitative estimate of drug-likeness (QED) is 0.704. The standard InChI is InChI=1S/C9H12FN3O/c1-6(4-9(11)14)13-7-2-3-8(10)12-5-7/h2-3,5-6,13H,4H2,1H3,(H2,11,14). The molecule has 14 heavy (non-hydrogen) atoms. The molecule has 0 aliphatic carbocycles. The molecule has 1 rings (SSSR count). The van der Waals surface area contributed by atoms with E-state index in [4.69, 9.17) is 5.73 Å². The smallest absolute Gasteiger partial charge is 0.219 e. The van der Waals surface area contributed by atoms with Gasteiger partial charge in [-0.1, -0.05) is 0 Å². The van der Waals surface area contributed by atoms with Crippen LogP contribution in [0.4, 0.5) is 10.1 Å². The summed E-state index contributed by atoms with van der Waals surface area (Å²) in [4.78, 5) is 14.0. The molecule has 0 saturated heterocycles. The summed E-state index contributed by atoms with van der Waals surface area (Å²) >= 11 is 0. The number of halogens is 1. The fourth-order valence-electron chi connectivity index (χ4n) is 1.10. The molecule has 0 aliphatic heterocycles. The van der Waals surface area contributed by atoms with Crippen molar-refractivity contribution in [2.45, 2.75) is 19.4 Å². The molecule has 1 heterocycles. The third-order valence-corrected chi connectivity index (χ3v) is 1.65. The third kappa shape index (κ3) is 3.38. The van der Waals surface area contributed by atoms with Gasteiger partial charge >= 0.3 is 0 Å². The van der Waals surface area contributed by atoms with Gasteiger partial charge in [0.2, 0.25) is 11.9 Å². The molecule has 1 aromatic rings. The molecule has 3 N–H and O–H groups in total. The molecular weight excluding hydrogens is 185 g/mol. The summed E-state index contributed by atoms with van der Waals surface area (Å²) in [7, 11) is 0. The van der Waals surface area contributed by atoms with E-state index < -0.39 is 5.95 Å². The molecule has 4 nitrogen and oxygen atoms in total. The number of carbonyl (C=O) groups excluding carboxylic acids is 1. The van der Waals surface area contributed by atoms with Crippen LogP contribution in [0.5, 0.6) is 0 Å². The largest absolute Gasteiger partial charge is 0.381 e. The highest BCUT2D eigenvalue weighted by atomic mass is 19.1. The zero-order valence-electron chi connectivity index (χ0n) is 7.83. The summed E-state index contributed by atoms with van der Waals surface area (Å²) in [5, 5.41) is 2.97. The number of rotatable bonds is 4. The van der Waals surface area contributed by atoms with E-state index in [-0.39, 0.29) is 18.4 Å². The molecule has 0 fully saturated rings. The lowest BCUT2D eigenvalue weighted by atomic mass is 10.2. The molecule has 1 unspecified atom stereocenters. The van der Waals surface area contributed by atoms with Crippen molar-refractivity contribution in [3.05, 3.63) is 24.3 Å². The zero-order valence-corrected chi connectivity index (χ0v) is 7.83. The van der Waals surface area contributed by atoms with Gasteiger partial charge in [0.05, 0.1) is 11.9 Å². The molecule has 0 saturated carbocycles. The van der Waals surface area contributed by atoms with Crippen LogP contribution in [-0.4, -0.2) is 16.9 Å². The Balaban J connectivity index is 2.51. The number of aromatic nitrogens is 1. The predicted octanol–water partition coefficient (Wildman–Crippen LogP) is 0.896. The van der Waals surface area contributed by atoms with E-state index in [1.807, 2.05) is 6.92 Å². The second kappa shape index (κ2) is 4.55. The average Bonchev–Trinajstić information content (AvgIpc) is 2.07. The second-order valence-corrected chi connectivity index (χ2v) is 3.09. The SMILES string of the molecule is CC(CC(N)=O)Nc1ccc(F)nc1. The molecule has 1 amide bonds. The van der Waals surface area contributed by atoms with Crippen LogP contribution < -0.4 is 11.1 Å². The monoisotopic (exact) mass is 197 g/mol. The van der Waals surface area contributed by atoms with E-state index in [2.05, 4.69) is 10.3 Å². The Hall–Kier alpha value is -1.65. The first kappa shape index (κ1) is 10.4. The normalized spacial score (nSPS) is 12.1. The number of amides is 1. The summed E-state index contributed by atoms with van der Waals surface area (Å²) in [5.74, 6) is -0.904. The first-order chi connectivity index (χ1) is 6.58. The Kier molecular flexibility index (Phi) is 3.39. The molecule has 0 spiro atoms. The fourth-order valence-corrected chi connectivity index (χ4v) is 1.10. The summed E-state index contributed by atoms with van der Waals surface area (Å²) in [6.07, 6.45) is 1.60. The van der Waals surface area contributed by atoms with Crippen LogP contribution in [0.15, 0.2) is 18.3 Å². The Morgan fingerprint density at radius 1 is 1.71 bits per heavy atom. The minimum Gasteiger partial charge on any atom is -0.381 e. The minimum absolute atomic E-state index is 0.0836. The summed E-state index contributed by atoms with van der Waals surface area (Å²) in [6, 6.07) is 2.72. The molecule has 1 aromatic heterocycles. The van der Waals surface area contributed by atoms with Gasteiger partial charge in [-0.05, 0) is 19.1 Å². The van der Waals surface area contributed by atoms with Gasteiger partial charge in [-0.3, -0.25) is 4.79 Å². The van der Waals surface area contributed by atoms with Gasteiger partial charge in [0.25, 0.3) is 0 Å². The number of pyridine rings is 1. The maximum absolute atomic E-state index is 12.4. The van der Waals surface area contributed by atoms with Crippen molar-refractivity contribution >= 4 is 11.6 Å². The lowest BCUT2D eigenvalue weighted by Crippen LogP contribution is -2.24. The number of hydrogen-bond acceptors (Lipinski definition) is 3. The number of nitrogens with one attached hydrogen (secondary N) is 1. The van der Waals surface area contributed by atoms with Crippen LogP contribution in [0.3, 0.4) is 0 Å². The topological polar surface area (TPSA) is 68.0 Å². The average molecular weight is 197 g/mol. The van der Waals surface area contributed by atoms with Crippen molar-refractivity contribution in [2.24, 2.45) is 5.73 Å². The number of nitrogens with zero attached hydrogens (tertiary/aromatic N) is 1. The first-order valence-electron chi connectivity index (χ1n) is 4.24. The maximum Gasteiger partial charge on any atom is 0.219 e. The van der Waals surface area contributed by atoms with Crippen molar-refractivity contribution in [2.75, 3.05) is 5.32 Å². The number of nitrogens with two attached hydrogens (primary N) is 1. The van der Waals surface area contributed by atoms with Gasteiger partial charge in [-0.15, -0.1) is 0 Å². The minimum atomic E-state index is -0.530. The van der Waals surface area contributed by atoms with E-state index in [1.165, 1.54) is 12.3 Å². The Labute approximate surface area is 81.3 Å². The van der Waals surface area contributed by atoms with Crippen molar-refractivity contribution in [1.82, 2.24) is 4.98 Å². The first-order valence-corrected chi connectivity index (χ1v) is 4.24. The van der Waals surface area contributed by atoms with E-state index >= 15 is 0 Å². The highest BCUT2D eigenvalue weighted by Gasteiger charge is 2.05. The molecule has 5 heteroatoms. The molecule has 0 radical (unpaired) electrons. The van der Waals surface area contributed by atoms with Crippen LogP contribution in [-0.2, 0) is 4.79 Å². The molecule has 0 aromatic carbocycles. The van der Waals surface area contributed by atoms with Crippen LogP contribution >= 0.6 is 0 Å². The third-order valence-electron chi connectivity index (χ3n) is 1.65.